The van der Waals surface area contributed by atoms with Crippen molar-refractivity contribution in [2.24, 2.45) is 0 Å². The van der Waals surface area contributed by atoms with Crippen molar-refractivity contribution in [3.05, 3.63) is 59.4 Å². The summed E-state index contributed by atoms with van der Waals surface area (Å²) in [6, 6.07) is 9.86. The summed E-state index contributed by atoms with van der Waals surface area (Å²) in [6.07, 6.45) is 1.45. The Morgan fingerprint density at radius 1 is 0.862 bits per heavy atom. The van der Waals surface area contributed by atoms with E-state index < -0.39 is 5.97 Å². The number of aromatic nitrogens is 2. The van der Waals surface area contributed by atoms with E-state index in [2.05, 4.69) is 14.7 Å². The summed E-state index contributed by atoms with van der Waals surface area (Å²) in [5.74, 6) is 0.963. The fraction of sp³-hybridized carbons (Fsp3) is 0.190. The van der Waals surface area contributed by atoms with Crippen LogP contribution < -0.4 is 14.2 Å². The number of nitrogens with one attached hydrogen (secondary N) is 1. The highest BCUT2D eigenvalue weighted by atomic mass is 16.5. The van der Waals surface area contributed by atoms with Crippen LogP contribution >= 0.6 is 0 Å². The molecule has 0 aliphatic heterocycles. The van der Waals surface area contributed by atoms with E-state index in [1.807, 2.05) is 0 Å². The number of hydrogen-bond donors (Lipinski definition) is 1. The molecule has 3 rings (SSSR count). The molecule has 0 amide bonds. The fourth-order valence-corrected chi connectivity index (χ4v) is 2.83. The highest BCUT2D eigenvalue weighted by molar-refractivity contribution is 6.08. The average Bonchev–Trinajstić information content (AvgIpc) is 3.27. The van der Waals surface area contributed by atoms with Gasteiger partial charge in [-0.05, 0) is 24.3 Å². The molecule has 0 atom stereocenters. The second-order valence-electron chi connectivity index (χ2n) is 5.96. The third-order valence-electron chi connectivity index (χ3n) is 4.33. The number of rotatable bonds is 7. The molecule has 1 aromatic heterocycles. The molecular formula is C21H20N2O6. The maximum atomic E-state index is 12.9. The minimum atomic E-state index is -0.422. The minimum absolute atomic E-state index is 0.283. The van der Waals surface area contributed by atoms with Crippen LogP contribution in [0.15, 0.2) is 42.6 Å². The SMILES string of the molecule is COC(=O)c1ccc(-c2ncc(C(=O)c3cc(OC)c(OC)c(OC)c3)[nH]2)cc1. The van der Waals surface area contributed by atoms with Gasteiger partial charge in [0.2, 0.25) is 11.5 Å². The standard InChI is InChI=1S/C21H20N2O6/c1-26-16-9-14(10-17(27-2)19(16)28-3)18(24)15-11-22-20(23-15)12-5-7-13(8-6-12)21(25)29-4/h5-11H,1-4H3,(H,22,23). The van der Waals surface area contributed by atoms with Crippen molar-refractivity contribution in [3.63, 3.8) is 0 Å². The molecule has 29 heavy (non-hydrogen) atoms. The molecule has 3 aromatic rings. The smallest absolute Gasteiger partial charge is 0.337 e. The lowest BCUT2D eigenvalue weighted by molar-refractivity contribution is 0.0600. The molecule has 0 unspecified atom stereocenters. The van der Waals surface area contributed by atoms with E-state index in [4.69, 9.17) is 14.2 Å². The predicted molar refractivity (Wildman–Crippen MR) is 105 cm³/mol. The summed E-state index contributed by atoms with van der Waals surface area (Å²) in [5.41, 5.74) is 1.81. The molecule has 0 aliphatic carbocycles. The van der Waals surface area contributed by atoms with E-state index in [-0.39, 0.29) is 5.78 Å². The number of carbonyl (C=O) groups excluding carboxylic acids is 2. The number of imidazole rings is 1. The van der Waals surface area contributed by atoms with Crippen LogP contribution in [0.1, 0.15) is 26.4 Å². The lowest BCUT2D eigenvalue weighted by Crippen LogP contribution is -2.04. The number of hydrogen-bond acceptors (Lipinski definition) is 7. The van der Waals surface area contributed by atoms with Crippen LogP contribution in [-0.4, -0.2) is 50.2 Å². The quantitative estimate of drug-likeness (QED) is 0.484. The van der Waals surface area contributed by atoms with Crippen molar-refractivity contribution in [3.8, 4) is 28.6 Å². The van der Waals surface area contributed by atoms with Crippen LogP contribution in [0.25, 0.3) is 11.4 Å². The van der Waals surface area contributed by atoms with Crippen LogP contribution in [0.2, 0.25) is 0 Å². The number of aromatic amines is 1. The molecule has 0 aliphatic rings. The van der Waals surface area contributed by atoms with Crippen molar-refractivity contribution in [1.29, 1.82) is 0 Å². The number of benzene rings is 2. The molecule has 0 bridgehead atoms. The predicted octanol–water partition coefficient (Wildman–Crippen LogP) is 3.12. The Labute approximate surface area is 167 Å². The van der Waals surface area contributed by atoms with Crippen LogP contribution in [0, 0.1) is 0 Å². The second kappa shape index (κ2) is 8.47. The van der Waals surface area contributed by atoms with E-state index in [1.165, 1.54) is 34.6 Å². The highest BCUT2D eigenvalue weighted by Gasteiger charge is 2.20. The molecule has 0 spiro atoms. The maximum Gasteiger partial charge on any atom is 0.337 e. The number of nitrogens with zero attached hydrogens (tertiary/aromatic N) is 1. The van der Waals surface area contributed by atoms with E-state index >= 15 is 0 Å². The molecular weight excluding hydrogens is 376 g/mol. The third kappa shape index (κ3) is 3.91. The summed E-state index contributed by atoms with van der Waals surface area (Å²) < 4.78 is 20.6. The van der Waals surface area contributed by atoms with Crippen LogP contribution in [-0.2, 0) is 4.74 Å². The van der Waals surface area contributed by atoms with Crippen molar-refractivity contribution in [1.82, 2.24) is 9.97 Å². The monoisotopic (exact) mass is 396 g/mol. The van der Waals surface area contributed by atoms with E-state index in [0.717, 1.165) is 5.56 Å². The zero-order valence-electron chi connectivity index (χ0n) is 16.4. The third-order valence-corrected chi connectivity index (χ3v) is 4.33. The Morgan fingerprint density at radius 3 is 2.00 bits per heavy atom. The number of esters is 1. The Balaban J connectivity index is 1.90. The molecule has 2 aromatic carbocycles. The first kappa shape index (κ1) is 19.9. The van der Waals surface area contributed by atoms with Gasteiger partial charge in [-0.3, -0.25) is 4.79 Å². The largest absolute Gasteiger partial charge is 0.493 e. The van der Waals surface area contributed by atoms with E-state index in [1.54, 1.807) is 36.4 Å². The average molecular weight is 396 g/mol. The topological polar surface area (TPSA) is 99.7 Å². The Bertz CT molecular complexity index is 1010. The first-order valence-electron chi connectivity index (χ1n) is 8.60. The van der Waals surface area contributed by atoms with Crippen LogP contribution in [0.3, 0.4) is 0 Å². The first-order chi connectivity index (χ1) is 14.0. The highest BCUT2D eigenvalue weighted by Crippen LogP contribution is 2.38. The van der Waals surface area contributed by atoms with Crippen molar-refractivity contribution >= 4 is 11.8 Å². The van der Waals surface area contributed by atoms with Gasteiger partial charge in [-0.2, -0.15) is 0 Å². The Kier molecular flexibility index (Phi) is 5.82. The second-order valence-corrected chi connectivity index (χ2v) is 5.96. The molecule has 0 radical (unpaired) electrons. The molecule has 0 saturated carbocycles. The maximum absolute atomic E-state index is 12.9. The molecule has 150 valence electrons. The van der Waals surface area contributed by atoms with Crippen LogP contribution in [0.5, 0.6) is 17.2 Å². The molecule has 0 saturated heterocycles. The van der Waals surface area contributed by atoms with Crippen molar-refractivity contribution in [2.45, 2.75) is 0 Å². The normalized spacial score (nSPS) is 10.3. The Hall–Kier alpha value is -3.81. The van der Waals surface area contributed by atoms with Gasteiger partial charge in [0.1, 0.15) is 11.5 Å². The van der Waals surface area contributed by atoms with Crippen molar-refractivity contribution < 1.29 is 28.5 Å². The molecule has 1 heterocycles. The lowest BCUT2D eigenvalue weighted by Gasteiger charge is -2.13. The van der Waals surface area contributed by atoms with Gasteiger partial charge in [0.15, 0.2) is 11.5 Å². The van der Waals surface area contributed by atoms with Gasteiger partial charge >= 0.3 is 5.97 Å². The number of carbonyl (C=O) groups is 2. The van der Waals surface area contributed by atoms with Gasteiger partial charge < -0.3 is 23.9 Å². The molecule has 8 heteroatoms. The minimum Gasteiger partial charge on any atom is -0.493 e. The van der Waals surface area contributed by atoms with Gasteiger partial charge in [0, 0.05) is 11.1 Å². The molecule has 0 fully saturated rings. The number of ether oxygens (including phenoxy) is 4. The number of methoxy groups -OCH3 is 4. The zero-order valence-corrected chi connectivity index (χ0v) is 16.4. The first-order valence-corrected chi connectivity index (χ1v) is 8.60. The van der Waals surface area contributed by atoms with Gasteiger partial charge in [-0.1, -0.05) is 12.1 Å². The van der Waals surface area contributed by atoms with Gasteiger partial charge in [-0.25, -0.2) is 9.78 Å². The van der Waals surface area contributed by atoms with Crippen LogP contribution in [0.4, 0.5) is 0 Å². The van der Waals surface area contributed by atoms with E-state index in [0.29, 0.717) is 39.9 Å². The molecule has 1 N–H and O–H groups in total. The number of H-pyrrole nitrogens is 1. The fourth-order valence-electron chi connectivity index (χ4n) is 2.83. The van der Waals surface area contributed by atoms with Crippen molar-refractivity contribution in [2.75, 3.05) is 28.4 Å². The van der Waals surface area contributed by atoms with E-state index in [9.17, 15) is 9.59 Å². The number of ketones is 1. The van der Waals surface area contributed by atoms with Gasteiger partial charge in [0.05, 0.1) is 40.2 Å². The lowest BCUT2D eigenvalue weighted by atomic mass is 10.1. The summed E-state index contributed by atoms with van der Waals surface area (Å²) in [5, 5.41) is 0. The Morgan fingerprint density at radius 2 is 1.48 bits per heavy atom. The summed E-state index contributed by atoms with van der Waals surface area (Å²) in [7, 11) is 5.79. The summed E-state index contributed by atoms with van der Waals surface area (Å²) in [6.45, 7) is 0. The van der Waals surface area contributed by atoms with Gasteiger partial charge in [0.25, 0.3) is 0 Å². The molecule has 8 nitrogen and oxygen atoms in total. The van der Waals surface area contributed by atoms with Gasteiger partial charge in [-0.15, -0.1) is 0 Å². The summed E-state index contributed by atoms with van der Waals surface area (Å²) >= 11 is 0. The summed E-state index contributed by atoms with van der Waals surface area (Å²) in [4.78, 5) is 31.7. The zero-order chi connectivity index (χ0) is 21.0.